The van der Waals surface area contributed by atoms with E-state index in [1.165, 1.54) is 38.1 Å². The monoisotopic (exact) mass is 782 g/mol. The molecule has 0 amide bonds. The first-order valence-corrected chi connectivity index (χ1v) is 20.0. The lowest BCUT2D eigenvalue weighted by molar-refractivity contribution is 1.17. The Hall–Kier alpha value is -6.98. The molecule has 6 heteroatoms. The highest BCUT2D eigenvalue weighted by Crippen LogP contribution is 2.39. The van der Waals surface area contributed by atoms with Gasteiger partial charge in [-0.05, 0) is 108 Å². The van der Waals surface area contributed by atoms with Crippen LogP contribution in [0.4, 0.5) is 0 Å². The Morgan fingerprint density at radius 3 is 1.41 bits per heavy atom. The molecule has 0 aliphatic rings. The zero-order valence-electron chi connectivity index (χ0n) is 31.0. The van der Waals surface area contributed by atoms with Crippen LogP contribution in [0.1, 0.15) is 0 Å². The van der Waals surface area contributed by atoms with Crippen molar-refractivity contribution in [3.05, 3.63) is 204 Å². The standard InChI is InChI=1S/C52H32Cl2N4/c53-38-22-14-33(15-23-38)46-32-47(56-52(55-46)35-16-24-39(54)25-17-35)34-18-26-41(27-19-34)58-48-12-6-4-10-42(48)44-28-20-37(31-51(44)58)36-21-29-50-45(30-36)43-11-5-7-13-49(43)57(50)40-8-2-1-3-9-40/h1-32H. The normalized spacial score (nSPS) is 11.6. The van der Waals surface area contributed by atoms with Gasteiger partial charge in [-0.2, -0.15) is 0 Å². The summed E-state index contributed by atoms with van der Waals surface area (Å²) < 4.78 is 4.73. The Labute approximate surface area is 344 Å². The molecule has 0 N–H and O–H groups in total. The van der Waals surface area contributed by atoms with E-state index in [0.717, 1.165) is 56.0 Å². The number of hydrogen-bond donors (Lipinski definition) is 0. The molecule has 0 aliphatic heterocycles. The molecule has 4 nitrogen and oxygen atoms in total. The van der Waals surface area contributed by atoms with Gasteiger partial charge in [0.2, 0.25) is 0 Å². The molecular weight excluding hydrogens is 752 g/mol. The van der Waals surface area contributed by atoms with E-state index in [2.05, 4.69) is 149 Å². The van der Waals surface area contributed by atoms with Crippen molar-refractivity contribution in [3.63, 3.8) is 0 Å². The summed E-state index contributed by atoms with van der Waals surface area (Å²) in [7, 11) is 0. The van der Waals surface area contributed by atoms with E-state index in [1.807, 2.05) is 54.6 Å². The fraction of sp³-hybridized carbons (Fsp3) is 0. The third-order valence-corrected chi connectivity index (χ3v) is 11.6. The summed E-state index contributed by atoms with van der Waals surface area (Å²) in [5, 5.41) is 6.24. The van der Waals surface area contributed by atoms with Gasteiger partial charge in [0.1, 0.15) is 0 Å². The number of para-hydroxylation sites is 3. The number of rotatable bonds is 6. The number of benzene rings is 8. The van der Waals surface area contributed by atoms with Crippen molar-refractivity contribution in [2.75, 3.05) is 0 Å². The molecule has 11 rings (SSSR count). The fourth-order valence-corrected chi connectivity index (χ4v) is 8.56. The summed E-state index contributed by atoms with van der Waals surface area (Å²) in [4.78, 5) is 10.0. The van der Waals surface area contributed by atoms with Crippen LogP contribution in [-0.4, -0.2) is 19.1 Å². The Balaban J connectivity index is 1.03. The quantitative estimate of drug-likeness (QED) is 0.168. The van der Waals surface area contributed by atoms with Gasteiger partial charge in [0.25, 0.3) is 0 Å². The molecule has 0 unspecified atom stereocenters. The van der Waals surface area contributed by atoms with Crippen LogP contribution in [0, 0.1) is 0 Å². The SMILES string of the molecule is Clc1ccc(-c2cc(-c3ccc(-n4c5ccccc5c5ccc(-c6ccc7c(c6)c6ccccc6n7-c6ccccc6)cc54)cc3)nc(-c3ccc(Cl)cc3)n2)cc1. The Kier molecular flexibility index (Phi) is 8.21. The molecule has 0 aliphatic carbocycles. The van der Waals surface area contributed by atoms with Gasteiger partial charge < -0.3 is 9.13 Å². The summed E-state index contributed by atoms with van der Waals surface area (Å²) in [6.45, 7) is 0. The largest absolute Gasteiger partial charge is 0.309 e. The molecule has 0 saturated carbocycles. The highest BCUT2D eigenvalue weighted by atomic mass is 35.5. The average molecular weight is 784 g/mol. The Morgan fingerprint density at radius 1 is 0.310 bits per heavy atom. The second-order valence-corrected chi connectivity index (χ2v) is 15.4. The predicted molar refractivity (Wildman–Crippen MR) is 242 cm³/mol. The molecule has 3 aromatic heterocycles. The number of fused-ring (bicyclic) bond motifs is 6. The average Bonchev–Trinajstić information content (AvgIpc) is 3.79. The number of nitrogens with zero attached hydrogens (tertiary/aromatic N) is 4. The number of halogens is 2. The van der Waals surface area contributed by atoms with E-state index < -0.39 is 0 Å². The number of aromatic nitrogens is 4. The minimum Gasteiger partial charge on any atom is -0.309 e. The molecule has 0 bridgehead atoms. The second-order valence-electron chi connectivity index (χ2n) is 14.5. The van der Waals surface area contributed by atoms with Crippen LogP contribution in [0.2, 0.25) is 10.0 Å². The van der Waals surface area contributed by atoms with E-state index in [0.29, 0.717) is 15.9 Å². The van der Waals surface area contributed by atoms with Crippen molar-refractivity contribution < 1.29 is 0 Å². The van der Waals surface area contributed by atoms with Crippen LogP contribution < -0.4 is 0 Å². The van der Waals surface area contributed by atoms with Crippen LogP contribution in [0.25, 0.3) is 100 Å². The highest BCUT2D eigenvalue weighted by Gasteiger charge is 2.17. The van der Waals surface area contributed by atoms with Gasteiger partial charge in [-0.3, -0.25) is 0 Å². The zero-order valence-corrected chi connectivity index (χ0v) is 32.5. The van der Waals surface area contributed by atoms with E-state index in [-0.39, 0.29) is 0 Å². The topological polar surface area (TPSA) is 35.6 Å². The molecule has 0 fully saturated rings. The van der Waals surface area contributed by atoms with Gasteiger partial charge in [-0.25, -0.2) is 9.97 Å². The molecule has 0 saturated heterocycles. The van der Waals surface area contributed by atoms with Gasteiger partial charge in [0.15, 0.2) is 5.82 Å². The van der Waals surface area contributed by atoms with Crippen LogP contribution in [0.5, 0.6) is 0 Å². The van der Waals surface area contributed by atoms with E-state index in [1.54, 1.807) is 0 Å². The molecular formula is C52H32Cl2N4. The molecule has 0 radical (unpaired) electrons. The van der Waals surface area contributed by atoms with Gasteiger partial charge >= 0.3 is 0 Å². The predicted octanol–water partition coefficient (Wildman–Crippen LogP) is 14.6. The van der Waals surface area contributed by atoms with Gasteiger partial charge in [0.05, 0.1) is 33.5 Å². The maximum absolute atomic E-state index is 6.25. The number of hydrogen-bond acceptors (Lipinski definition) is 2. The third-order valence-electron chi connectivity index (χ3n) is 11.1. The summed E-state index contributed by atoms with van der Waals surface area (Å²) in [6.07, 6.45) is 0. The summed E-state index contributed by atoms with van der Waals surface area (Å²) in [5.74, 6) is 0.626. The smallest absolute Gasteiger partial charge is 0.160 e. The summed E-state index contributed by atoms with van der Waals surface area (Å²) in [5.41, 5.74) is 13.7. The molecule has 11 aromatic rings. The van der Waals surface area contributed by atoms with E-state index >= 15 is 0 Å². The van der Waals surface area contributed by atoms with Crippen molar-refractivity contribution in [1.29, 1.82) is 0 Å². The molecule has 58 heavy (non-hydrogen) atoms. The fourth-order valence-electron chi connectivity index (χ4n) is 8.31. The molecule has 3 heterocycles. The van der Waals surface area contributed by atoms with Gasteiger partial charge in [-0.1, -0.05) is 120 Å². The molecule has 8 aromatic carbocycles. The zero-order chi connectivity index (χ0) is 38.7. The minimum atomic E-state index is 0.626. The van der Waals surface area contributed by atoms with E-state index in [9.17, 15) is 0 Å². The van der Waals surface area contributed by atoms with Gasteiger partial charge in [-0.15, -0.1) is 0 Å². The van der Waals surface area contributed by atoms with Crippen LogP contribution >= 0.6 is 23.2 Å². The van der Waals surface area contributed by atoms with Crippen molar-refractivity contribution in [1.82, 2.24) is 19.1 Å². The van der Waals surface area contributed by atoms with E-state index in [4.69, 9.17) is 33.2 Å². The van der Waals surface area contributed by atoms with Crippen molar-refractivity contribution >= 4 is 66.8 Å². The Bertz CT molecular complexity index is 3270. The summed E-state index contributed by atoms with van der Waals surface area (Å²) >= 11 is 12.5. The maximum atomic E-state index is 6.25. The Morgan fingerprint density at radius 2 is 0.759 bits per heavy atom. The first kappa shape index (κ1) is 34.3. The minimum absolute atomic E-state index is 0.626. The van der Waals surface area contributed by atoms with Crippen LogP contribution in [0.15, 0.2) is 194 Å². The van der Waals surface area contributed by atoms with Crippen molar-refractivity contribution in [3.8, 4) is 56.4 Å². The van der Waals surface area contributed by atoms with Crippen LogP contribution in [-0.2, 0) is 0 Å². The maximum Gasteiger partial charge on any atom is 0.160 e. The summed E-state index contributed by atoms with van der Waals surface area (Å²) in [6, 6.07) is 67.7. The van der Waals surface area contributed by atoms with Crippen molar-refractivity contribution in [2.45, 2.75) is 0 Å². The van der Waals surface area contributed by atoms with Crippen LogP contribution in [0.3, 0.4) is 0 Å². The second kappa shape index (κ2) is 13.9. The lowest BCUT2D eigenvalue weighted by atomic mass is 10.0. The lowest BCUT2D eigenvalue weighted by Crippen LogP contribution is -1.97. The third kappa shape index (κ3) is 5.85. The first-order valence-electron chi connectivity index (χ1n) is 19.2. The first-order chi connectivity index (χ1) is 28.6. The molecule has 0 atom stereocenters. The van der Waals surface area contributed by atoms with Gasteiger partial charge in [0, 0.05) is 59.7 Å². The molecule has 274 valence electrons. The highest BCUT2D eigenvalue weighted by molar-refractivity contribution is 6.31. The van der Waals surface area contributed by atoms with Crippen molar-refractivity contribution in [2.24, 2.45) is 0 Å². The lowest BCUT2D eigenvalue weighted by Gasteiger charge is -2.12. The molecule has 0 spiro atoms.